The lowest BCUT2D eigenvalue weighted by Crippen LogP contribution is -2.29. The van der Waals surface area contributed by atoms with Crippen molar-refractivity contribution in [3.63, 3.8) is 0 Å². The van der Waals surface area contributed by atoms with E-state index in [2.05, 4.69) is 10.3 Å². The van der Waals surface area contributed by atoms with Crippen LogP contribution in [0.4, 0.5) is 5.69 Å². The van der Waals surface area contributed by atoms with E-state index in [1.54, 1.807) is 48.6 Å². The van der Waals surface area contributed by atoms with Crippen LogP contribution in [0.1, 0.15) is 41.7 Å². The Kier molecular flexibility index (Phi) is 4.60. The summed E-state index contributed by atoms with van der Waals surface area (Å²) in [6.45, 7) is 1.98. The van der Waals surface area contributed by atoms with Crippen LogP contribution >= 0.6 is 0 Å². The molecule has 1 aromatic heterocycles. The van der Waals surface area contributed by atoms with Gasteiger partial charge in [0.15, 0.2) is 0 Å². The number of aromatic nitrogens is 1. The molecule has 1 aromatic carbocycles. The number of carbonyl (C=O) groups is 2. The molecule has 2 amide bonds. The van der Waals surface area contributed by atoms with Gasteiger partial charge in [-0.1, -0.05) is 0 Å². The second-order valence-electron chi connectivity index (χ2n) is 6.21. The van der Waals surface area contributed by atoms with Crippen LogP contribution in [0.25, 0.3) is 0 Å². The maximum atomic E-state index is 12.6. The number of amides is 2. The third-order valence-corrected chi connectivity index (χ3v) is 4.44. The highest BCUT2D eigenvalue weighted by Crippen LogP contribution is 2.30. The Morgan fingerprint density at radius 1 is 1.12 bits per heavy atom. The van der Waals surface area contributed by atoms with Crippen molar-refractivity contribution < 1.29 is 9.59 Å². The van der Waals surface area contributed by atoms with Gasteiger partial charge in [-0.15, -0.1) is 0 Å². The summed E-state index contributed by atoms with van der Waals surface area (Å²) < 4.78 is 0. The molecule has 0 bridgehead atoms. The fraction of sp³-hybridized carbons (Fsp3) is 0.316. The fourth-order valence-corrected chi connectivity index (χ4v) is 2.53. The Bertz CT molecular complexity index is 724. The quantitative estimate of drug-likeness (QED) is 0.918. The minimum Gasteiger partial charge on any atom is -0.335 e. The van der Waals surface area contributed by atoms with E-state index in [1.807, 2.05) is 19.1 Å². The number of rotatable bonds is 5. The molecule has 1 aliphatic rings. The van der Waals surface area contributed by atoms with Crippen molar-refractivity contribution in [2.75, 3.05) is 12.4 Å². The Morgan fingerprint density at radius 3 is 2.33 bits per heavy atom. The highest BCUT2D eigenvalue weighted by Gasteiger charge is 2.29. The highest BCUT2D eigenvalue weighted by molar-refractivity contribution is 5.96. The van der Waals surface area contributed by atoms with Crippen LogP contribution in [0.3, 0.4) is 0 Å². The average Bonchev–Trinajstić information content (AvgIpc) is 3.46. The van der Waals surface area contributed by atoms with Crippen molar-refractivity contribution >= 4 is 17.5 Å². The Balaban J connectivity index is 1.66. The smallest absolute Gasteiger partial charge is 0.254 e. The number of nitrogens with zero attached hydrogens (tertiary/aromatic N) is 2. The molecule has 1 heterocycles. The molecule has 3 rings (SSSR count). The first kappa shape index (κ1) is 16.2. The van der Waals surface area contributed by atoms with Crippen LogP contribution in [0.15, 0.2) is 48.8 Å². The van der Waals surface area contributed by atoms with Gasteiger partial charge in [0, 0.05) is 36.6 Å². The monoisotopic (exact) mass is 323 g/mol. The predicted molar refractivity (Wildman–Crippen MR) is 92.5 cm³/mol. The van der Waals surface area contributed by atoms with E-state index in [9.17, 15) is 9.59 Å². The van der Waals surface area contributed by atoms with Gasteiger partial charge in [-0.05, 0) is 61.7 Å². The summed E-state index contributed by atoms with van der Waals surface area (Å²) in [7, 11) is 1.79. The molecular formula is C19H21N3O2. The summed E-state index contributed by atoms with van der Waals surface area (Å²) in [5.74, 6) is 0.176. The summed E-state index contributed by atoms with van der Waals surface area (Å²) in [4.78, 5) is 30.1. The molecule has 0 spiro atoms. The van der Waals surface area contributed by atoms with Crippen molar-refractivity contribution in [1.29, 1.82) is 0 Å². The number of benzene rings is 1. The number of carbonyl (C=O) groups excluding carboxylic acids is 2. The zero-order valence-corrected chi connectivity index (χ0v) is 13.9. The third-order valence-electron chi connectivity index (χ3n) is 4.44. The molecule has 1 unspecified atom stereocenters. The third kappa shape index (κ3) is 3.62. The largest absolute Gasteiger partial charge is 0.335 e. The standard InChI is InChI=1S/C19H21N3O2/c1-13(14-9-11-20-12-10-14)22(2)19(24)16-5-7-17(8-6-16)21-18(23)15-3-4-15/h5-13,15H,3-4H2,1-2H3,(H,21,23). The van der Waals surface area contributed by atoms with E-state index in [-0.39, 0.29) is 23.8 Å². The van der Waals surface area contributed by atoms with Crippen molar-refractivity contribution in [3.8, 4) is 0 Å². The Labute approximate surface area is 141 Å². The molecular weight excluding hydrogens is 302 g/mol. The fourth-order valence-electron chi connectivity index (χ4n) is 2.53. The lowest BCUT2D eigenvalue weighted by atomic mass is 10.1. The minimum atomic E-state index is -0.0561. The molecule has 1 aliphatic carbocycles. The maximum Gasteiger partial charge on any atom is 0.254 e. The first-order valence-electron chi connectivity index (χ1n) is 8.14. The molecule has 1 saturated carbocycles. The van der Waals surface area contributed by atoms with Crippen LogP contribution in [-0.4, -0.2) is 28.7 Å². The lowest BCUT2D eigenvalue weighted by Gasteiger charge is -2.25. The van der Waals surface area contributed by atoms with E-state index >= 15 is 0 Å². The minimum absolute atomic E-state index is 0.0465. The van der Waals surface area contributed by atoms with Crippen molar-refractivity contribution in [3.05, 3.63) is 59.9 Å². The number of nitrogens with one attached hydrogen (secondary N) is 1. The average molecular weight is 323 g/mol. The predicted octanol–water partition coefficient (Wildman–Crippen LogP) is 3.26. The summed E-state index contributed by atoms with van der Waals surface area (Å²) in [5.41, 5.74) is 2.37. The van der Waals surface area contributed by atoms with E-state index in [1.165, 1.54) is 0 Å². The van der Waals surface area contributed by atoms with Gasteiger partial charge in [0.05, 0.1) is 6.04 Å². The van der Waals surface area contributed by atoms with E-state index < -0.39 is 0 Å². The molecule has 5 heteroatoms. The SMILES string of the molecule is CC(c1ccncc1)N(C)C(=O)c1ccc(NC(=O)C2CC2)cc1. The molecule has 0 aliphatic heterocycles. The van der Waals surface area contributed by atoms with E-state index in [0.717, 1.165) is 24.1 Å². The van der Waals surface area contributed by atoms with Crippen molar-refractivity contribution in [2.24, 2.45) is 5.92 Å². The second kappa shape index (κ2) is 6.83. The summed E-state index contributed by atoms with van der Waals surface area (Å²) in [6.07, 6.45) is 5.39. The summed E-state index contributed by atoms with van der Waals surface area (Å²) in [5, 5.41) is 2.88. The zero-order valence-electron chi connectivity index (χ0n) is 13.9. The van der Waals surface area contributed by atoms with Crippen LogP contribution in [0.5, 0.6) is 0 Å². The molecule has 0 saturated heterocycles. The topological polar surface area (TPSA) is 62.3 Å². The van der Waals surface area contributed by atoms with E-state index in [4.69, 9.17) is 0 Å². The molecule has 1 N–H and O–H groups in total. The van der Waals surface area contributed by atoms with Gasteiger partial charge in [-0.3, -0.25) is 14.6 Å². The Hall–Kier alpha value is -2.69. The normalized spacial score (nSPS) is 14.8. The number of hydrogen-bond donors (Lipinski definition) is 1. The van der Waals surface area contributed by atoms with Crippen LogP contribution < -0.4 is 5.32 Å². The van der Waals surface area contributed by atoms with Crippen LogP contribution in [0.2, 0.25) is 0 Å². The van der Waals surface area contributed by atoms with Crippen molar-refractivity contribution in [1.82, 2.24) is 9.88 Å². The first-order chi connectivity index (χ1) is 11.6. The number of anilines is 1. The molecule has 24 heavy (non-hydrogen) atoms. The van der Waals surface area contributed by atoms with Crippen LogP contribution in [0, 0.1) is 5.92 Å². The van der Waals surface area contributed by atoms with Gasteiger partial charge >= 0.3 is 0 Å². The molecule has 5 nitrogen and oxygen atoms in total. The van der Waals surface area contributed by atoms with Crippen LogP contribution in [-0.2, 0) is 4.79 Å². The summed E-state index contributed by atoms with van der Waals surface area (Å²) >= 11 is 0. The summed E-state index contributed by atoms with van der Waals surface area (Å²) in [6, 6.07) is 10.8. The highest BCUT2D eigenvalue weighted by atomic mass is 16.2. The van der Waals surface area contributed by atoms with Gasteiger partial charge in [0.1, 0.15) is 0 Å². The maximum absolute atomic E-state index is 12.6. The molecule has 1 fully saturated rings. The van der Waals surface area contributed by atoms with Gasteiger partial charge in [0.2, 0.25) is 5.91 Å². The molecule has 2 aromatic rings. The first-order valence-corrected chi connectivity index (χ1v) is 8.14. The lowest BCUT2D eigenvalue weighted by molar-refractivity contribution is -0.117. The molecule has 124 valence electrons. The zero-order chi connectivity index (χ0) is 17.1. The van der Waals surface area contributed by atoms with Gasteiger partial charge in [0.25, 0.3) is 5.91 Å². The van der Waals surface area contributed by atoms with Gasteiger partial charge < -0.3 is 10.2 Å². The number of pyridine rings is 1. The van der Waals surface area contributed by atoms with Gasteiger partial charge in [-0.2, -0.15) is 0 Å². The molecule has 0 radical (unpaired) electrons. The Morgan fingerprint density at radius 2 is 1.75 bits per heavy atom. The van der Waals surface area contributed by atoms with Gasteiger partial charge in [-0.25, -0.2) is 0 Å². The number of hydrogen-bond acceptors (Lipinski definition) is 3. The van der Waals surface area contributed by atoms with E-state index in [0.29, 0.717) is 5.56 Å². The second-order valence-corrected chi connectivity index (χ2v) is 6.21. The van der Waals surface area contributed by atoms with Crippen molar-refractivity contribution in [2.45, 2.75) is 25.8 Å². The molecule has 1 atom stereocenters.